The Morgan fingerprint density at radius 3 is 2.35 bits per heavy atom. The molecule has 0 saturated heterocycles. The first-order chi connectivity index (χ1) is 15.0. The SMILES string of the molecule is COc1ccc(Br)cc1/C=C(\C#N)C(=O)Nc1ccc(OCc2ccc(Br)cc2)cc1. The zero-order valence-electron chi connectivity index (χ0n) is 16.6. The van der Waals surface area contributed by atoms with Crippen molar-refractivity contribution in [3.63, 3.8) is 0 Å². The first kappa shape index (κ1) is 22.6. The van der Waals surface area contributed by atoms with Gasteiger partial charge in [0.2, 0.25) is 0 Å². The number of rotatable bonds is 7. The van der Waals surface area contributed by atoms with E-state index in [4.69, 9.17) is 9.47 Å². The van der Waals surface area contributed by atoms with Crippen molar-refractivity contribution in [2.75, 3.05) is 12.4 Å². The van der Waals surface area contributed by atoms with Crippen molar-refractivity contribution in [2.24, 2.45) is 0 Å². The van der Waals surface area contributed by atoms with Gasteiger partial charge in [0.25, 0.3) is 5.91 Å². The van der Waals surface area contributed by atoms with E-state index in [1.165, 1.54) is 13.2 Å². The molecule has 0 aliphatic heterocycles. The van der Waals surface area contributed by atoms with Gasteiger partial charge < -0.3 is 14.8 Å². The third-order valence-corrected chi connectivity index (χ3v) is 5.31. The summed E-state index contributed by atoms with van der Waals surface area (Å²) >= 11 is 6.79. The van der Waals surface area contributed by atoms with Gasteiger partial charge in [-0.1, -0.05) is 44.0 Å². The van der Waals surface area contributed by atoms with Gasteiger partial charge in [0, 0.05) is 20.2 Å². The van der Waals surface area contributed by atoms with E-state index in [0.717, 1.165) is 14.5 Å². The molecule has 3 aromatic carbocycles. The molecule has 3 aromatic rings. The summed E-state index contributed by atoms with van der Waals surface area (Å²) in [6.45, 7) is 0.439. The van der Waals surface area contributed by atoms with Gasteiger partial charge in [-0.2, -0.15) is 5.26 Å². The number of carbonyl (C=O) groups excluding carboxylic acids is 1. The number of amides is 1. The van der Waals surface area contributed by atoms with E-state index in [-0.39, 0.29) is 5.57 Å². The average Bonchev–Trinajstić information content (AvgIpc) is 2.78. The van der Waals surface area contributed by atoms with Gasteiger partial charge in [-0.3, -0.25) is 4.79 Å². The number of halogens is 2. The van der Waals surface area contributed by atoms with E-state index < -0.39 is 5.91 Å². The fourth-order valence-electron chi connectivity index (χ4n) is 2.70. The van der Waals surface area contributed by atoms with Crippen molar-refractivity contribution in [2.45, 2.75) is 6.61 Å². The Balaban J connectivity index is 1.66. The monoisotopic (exact) mass is 540 g/mol. The maximum absolute atomic E-state index is 12.6. The van der Waals surface area contributed by atoms with Crippen molar-refractivity contribution in [3.05, 3.63) is 92.4 Å². The Hall–Kier alpha value is -3.08. The van der Waals surface area contributed by atoms with Gasteiger partial charge in [-0.15, -0.1) is 0 Å². The Morgan fingerprint density at radius 2 is 1.71 bits per heavy atom. The second-order valence-corrected chi connectivity index (χ2v) is 8.28. The molecule has 1 N–H and O–H groups in total. The van der Waals surface area contributed by atoms with Gasteiger partial charge >= 0.3 is 0 Å². The minimum atomic E-state index is -0.506. The van der Waals surface area contributed by atoms with E-state index >= 15 is 0 Å². The Labute approximate surface area is 197 Å². The topological polar surface area (TPSA) is 71.3 Å². The molecule has 5 nitrogen and oxygen atoms in total. The minimum absolute atomic E-state index is 0.0352. The minimum Gasteiger partial charge on any atom is -0.496 e. The van der Waals surface area contributed by atoms with Crippen LogP contribution in [0.5, 0.6) is 11.5 Å². The second-order valence-electron chi connectivity index (χ2n) is 6.45. The fourth-order valence-corrected chi connectivity index (χ4v) is 3.35. The van der Waals surface area contributed by atoms with Crippen LogP contribution in [0.2, 0.25) is 0 Å². The molecule has 1 amide bonds. The molecular formula is C24H18Br2N2O3. The number of carbonyl (C=O) groups is 1. The van der Waals surface area contributed by atoms with Crippen LogP contribution >= 0.6 is 31.9 Å². The predicted molar refractivity (Wildman–Crippen MR) is 128 cm³/mol. The predicted octanol–water partition coefficient (Wildman–Crippen LogP) is 6.34. The van der Waals surface area contributed by atoms with Crippen molar-refractivity contribution in [1.82, 2.24) is 0 Å². The fraction of sp³-hybridized carbons (Fsp3) is 0.0833. The van der Waals surface area contributed by atoms with Gasteiger partial charge in [-0.05, 0) is 66.2 Å². The van der Waals surface area contributed by atoms with Crippen LogP contribution in [0.25, 0.3) is 6.08 Å². The third-order valence-electron chi connectivity index (χ3n) is 4.29. The smallest absolute Gasteiger partial charge is 0.266 e. The van der Waals surface area contributed by atoms with Crippen LogP contribution in [-0.4, -0.2) is 13.0 Å². The lowest BCUT2D eigenvalue weighted by molar-refractivity contribution is -0.112. The number of anilines is 1. The van der Waals surface area contributed by atoms with Gasteiger partial charge in [0.05, 0.1) is 7.11 Å². The summed E-state index contributed by atoms with van der Waals surface area (Å²) in [5.74, 6) is 0.736. The molecule has 31 heavy (non-hydrogen) atoms. The summed E-state index contributed by atoms with van der Waals surface area (Å²) in [6.07, 6.45) is 1.49. The summed E-state index contributed by atoms with van der Waals surface area (Å²) < 4.78 is 12.9. The lowest BCUT2D eigenvalue weighted by Gasteiger charge is -2.09. The molecule has 3 rings (SSSR count). The van der Waals surface area contributed by atoms with E-state index in [2.05, 4.69) is 37.2 Å². The first-order valence-corrected chi connectivity index (χ1v) is 10.8. The van der Waals surface area contributed by atoms with Gasteiger partial charge in [0.1, 0.15) is 29.7 Å². The summed E-state index contributed by atoms with van der Waals surface area (Å²) in [5, 5.41) is 12.2. The van der Waals surface area contributed by atoms with Crippen LogP contribution in [0.4, 0.5) is 5.69 Å². The van der Waals surface area contributed by atoms with Gasteiger partial charge in [-0.25, -0.2) is 0 Å². The number of nitrogens with zero attached hydrogens (tertiary/aromatic N) is 1. The Morgan fingerprint density at radius 1 is 1.03 bits per heavy atom. The molecule has 0 radical (unpaired) electrons. The normalized spacial score (nSPS) is 10.8. The molecule has 0 aliphatic carbocycles. The van der Waals surface area contributed by atoms with Crippen LogP contribution in [0.15, 0.2) is 81.2 Å². The highest BCUT2D eigenvalue weighted by Gasteiger charge is 2.12. The molecule has 156 valence electrons. The summed E-state index contributed by atoms with van der Waals surface area (Å²) in [4.78, 5) is 12.6. The van der Waals surface area contributed by atoms with E-state index in [9.17, 15) is 10.1 Å². The summed E-state index contributed by atoms with van der Waals surface area (Å²) in [6, 6.07) is 22.2. The van der Waals surface area contributed by atoms with Crippen LogP contribution < -0.4 is 14.8 Å². The van der Waals surface area contributed by atoms with Crippen LogP contribution in [0.1, 0.15) is 11.1 Å². The summed E-state index contributed by atoms with van der Waals surface area (Å²) in [5.41, 5.74) is 2.20. The highest BCUT2D eigenvalue weighted by atomic mass is 79.9. The Kier molecular flexibility index (Phi) is 7.88. The molecule has 0 atom stereocenters. The molecule has 0 unspecified atom stereocenters. The molecule has 0 bridgehead atoms. The average molecular weight is 542 g/mol. The largest absolute Gasteiger partial charge is 0.496 e. The summed E-state index contributed by atoms with van der Waals surface area (Å²) in [7, 11) is 1.53. The van der Waals surface area contributed by atoms with E-state index in [1.54, 1.807) is 36.4 Å². The maximum atomic E-state index is 12.6. The number of hydrogen-bond donors (Lipinski definition) is 1. The van der Waals surface area contributed by atoms with E-state index in [0.29, 0.717) is 29.4 Å². The number of ether oxygens (including phenoxy) is 2. The highest BCUT2D eigenvalue weighted by Crippen LogP contribution is 2.26. The lowest BCUT2D eigenvalue weighted by Crippen LogP contribution is -2.13. The molecule has 0 saturated carbocycles. The number of nitrogens with one attached hydrogen (secondary N) is 1. The van der Waals surface area contributed by atoms with Crippen LogP contribution in [-0.2, 0) is 11.4 Å². The lowest BCUT2D eigenvalue weighted by atomic mass is 10.1. The number of methoxy groups -OCH3 is 1. The maximum Gasteiger partial charge on any atom is 0.266 e. The van der Waals surface area contributed by atoms with Crippen molar-refractivity contribution in [3.8, 4) is 17.6 Å². The number of hydrogen-bond acceptors (Lipinski definition) is 4. The molecule has 0 heterocycles. The molecule has 0 fully saturated rings. The first-order valence-electron chi connectivity index (χ1n) is 9.22. The van der Waals surface area contributed by atoms with Crippen LogP contribution in [0, 0.1) is 11.3 Å². The zero-order chi connectivity index (χ0) is 22.2. The standard InChI is InChI=1S/C24H18Br2N2O3/c1-30-23-11-6-20(26)13-17(23)12-18(14-27)24(29)28-21-7-9-22(10-8-21)31-15-16-2-4-19(25)5-3-16/h2-13H,15H2,1H3,(H,28,29)/b18-12+. The zero-order valence-corrected chi connectivity index (χ0v) is 19.7. The molecule has 0 spiro atoms. The van der Waals surface area contributed by atoms with Crippen molar-refractivity contribution in [1.29, 1.82) is 5.26 Å². The van der Waals surface area contributed by atoms with Crippen molar-refractivity contribution >= 4 is 49.5 Å². The third kappa shape index (κ3) is 6.45. The van der Waals surface area contributed by atoms with Crippen molar-refractivity contribution < 1.29 is 14.3 Å². The van der Waals surface area contributed by atoms with Gasteiger partial charge in [0.15, 0.2) is 0 Å². The molecule has 0 aromatic heterocycles. The quantitative estimate of drug-likeness (QED) is 0.279. The molecular weight excluding hydrogens is 524 g/mol. The van der Waals surface area contributed by atoms with E-state index in [1.807, 2.05) is 36.4 Å². The molecule has 0 aliphatic rings. The van der Waals surface area contributed by atoms with Crippen LogP contribution in [0.3, 0.4) is 0 Å². The Bertz CT molecular complexity index is 1130. The number of nitriles is 1. The second kappa shape index (κ2) is 10.8. The molecule has 7 heteroatoms. The highest BCUT2D eigenvalue weighted by molar-refractivity contribution is 9.10. The number of benzene rings is 3.